The van der Waals surface area contributed by atoms with E-state index in [9.17, 15) is 24.0 Å². The Morgan fingerprint density at radius 2 is 0.964 bits per heavy atom. The van der Waals surface area contributed by atoms with Gasteiger partial charge in [0.15, 0.2) is 0 Å². The van der Waals surface area contributed by atoms with E-state index in [0.29, 0.717) is 25.6 Å². The lowest BCUT2D eigenvalue weighted by atomic mass is 9.98. The van der Waals surface area contributed by atoms with E-state index in [4.69, 9.17) is 24.7 Å². The van der Waals surface area contributed by atoms with Crippen molar-refractivity contribution in [2.45, 2.75) is 257 Å². The van der Waals surface area contributed by atoms with Gasteiger partial charge in [-0.25, -0.2) is 4.79 Å². The molecular weight excluding hydrogens is 1060 g/mol. The Kier molecular flexibility index (Phi) is 38.6. The first-order valence-electron chi connectivity index (χ1n) is 32.6. The molecule has 0 saturated heterocycles. The monoisotopic (exact) mass is 1170 g/mol. The van der Waals surface area contributed by atoms with Gasteiger partial charge < -0.3 is 40.6 Å². The van der Waals surface area contributed by atoms with Gasteiger partial charge in [0.2, 0.25) is 17.7 Å². The van der Waals surface area contributed by atoms with Gasteiger partial charge in [-0.3, -0.25) is 19.2 Å². The van der Waals surface area contributed by atoms with Crippen LogP contribution in [0, 0.1) is 0 Å². The molecule has 0 fully saturated rings. The number of carbonyl (C=O) groups is 5. The van der Waals surface area contributed by atoms with Gasteiger partial charge in [-0.15, -0.1) is 0 Å². The van der Waals surface area contributed by atoms with E-state index < -0.39 is 47.9 Å². The molecular formula is C69H108N4O9S. The summed E-state index contributed by atoms with van der Waals surface area (Å²) in [6.07, 6.45) is 35.0. The molecule has 0 aromatic heterocycles. The molecule has 464 valence electrons. The van der Waals surface area contributed by atoms with Gasteiger partial charge in [-0.1, -0.05) is 267 Å². The van der Waals surface area contributed by atoms with Crippen molar-refractivity contribution < 1.29 is 42.9 Å². The zero-order valence-corrected chi connectivity index (χ0v) is 52.2. The number of ether oxygens (including phenoxy) is 4. The van der Waals surface area contributed by atoms with Crippen LogP contribution in [0.5, 0.6) is 0 Å². The maximum absolute atomic E-state index is 14.3. The number of hydrogen-bond acceptors (Lipinski definition) is 10. The second-order valence-electron chi connectivity index (χ2n) is 22.9. The molecule has 0 unspecified atom stereocenters. The van der Waals surface area contributed by atoms with Gasteiger partial charge in [-0.2, -0.15) is 11.8 Å². The third-order valence-electron chi connectivity index (χ3n) is 15.9. The lowest BCUT2D eigenvalue weighted by Crippen LogP contribution is -2.56. The average molecular weight is 1170 g/mol. The summed E-state index contributed by atoms with van der Waals surface area (Å²) in [5, 5.41) is 8.27. The molecule has 0 aliphatic heterocycles. The number of primary amides is 1. The minimum atomic E-state index is -1.19. The van der Waals surface area contributed by atoms with Gasteiger partial charge in [0.05, 0.1) is 12.7 Å². The summed E-state index contributed by atoms with van der Waals surface area (Å²) in [6.45, 7) is 8.09. The van der Waals surface area contributed by atoms with Crippen molar-refractivity contribution in [2.24, 2.45) is 5.73 Å². The first kappa shape index (κ1) is 70.6. The third kappa shape index (κ3) is 30.6. The summed E-state index contributed by atoms with van der Waals surface area (Å²) in [7, 11) is 0. The van der Waals surface area contributed by atoms with E-state index in [1.807, 2.05) is 66.7 Å². The molecule has 0 heterocycles. The van der Waals surface area contributed by atoms with Gasteiger partial charge >= 0.3 is 12.1 Å². The number of thioether (sulfide) groups is 1. The Hall–Kier alpha value is -4.92. The largest absolute Gasteiger partial charge is 0.461 e. The molecule has 0 radical (unpaired) electrons. The number of rotatable bonds is 51. The average Bonchev–Trinajstić information content (AvgIpc) is 4.10. The smallest absolute Gasteiger partial charge is 0.407 e. The first-order chi connectivity index (χ1) is 40.6. The minimum absolute atomic E-state index is 0.0570. The van der Waals surface area contributed by atoms with Gasteiger partial charge in [0.1, 0.15) is 31.3 Å². The number of hydrogen-bond donors (Lipinski definition) is 4. The topological polar surface area (TPSA) is 184 Å². The van der Waals surface area contributed by atoms with Crippen LogP contribution in [0.25, 0.3) is 11.1 Å². The molecule has 0 bridgehead atoms. The summed E-state index contributed by atoms with van der Waals surface area (Å²) in [6, 6.07) is 22.0. The Morgan fingerprint density at radius 3 is 1.47 bits per heavy atom. The van der Waals surface area contributed by atoms with Gasteiger partial charge in [0, 0.05) is 37.1 Å². The highest BCUT2D eigenvalue weighted by Crippen LogP contribution is 2.44. The normalized spacial score (nSPS) is 13.3. The van der Waals surface area contributed by atoms with Crippen LogP contribution < -0.4 is 21.7 Å². The van der Waals surface area contributed by atoms with E-state index in [1.165, 1.54) is 166 Å². The number of amides is 4. The van der Waals surface area contributed by atoms with Crippen LogP contribution in [0.2, 0.25) is 0 Å². The number of alkyl carbamates (subject to hydrolysis) is 1. The number of esters is 1. The predicted molar refractivity (Wildman–Crippen MR) is 339 cm³/mol. The summed E-state index contributed by atoms with van der Waals surface area (Å²) >= 11 is 1.47. The molecule has 4 atom stereocenters. The van der Waals surface area contributed by atoms with Crippen molar-refractivity contribution in [3.63, 3.8) is 0 Å². The molecule has 4 rings (SSSR count). The van der Waals surface area contributed by atoms with E-state index >= 15 is 0 Å². The fraction of sp³-hybridized carbons (Fsp3) is 0.667. The molecule has 13 nitrogen and oxygen atoms in total. The second kappa shape index (κ2) is 45.4. The van der Waals surface area contributed by atoms with Crippen LogP contribution >= 0.6 is 11.8 Å². The molecule has 14 heteroatoms. The number of carbonyl (C=O) groups excluding carboxylic acids is 5. The SMILES string of the molecule is CCCCCCCCCCCCCCCCOC[C@H](CSC[C@H](NC(=O)OCC1c2ccccc2-c2ccccc21)C(=O)N[C@@H](CC)C(=O)N[C@H](CCC(=O)OCc1ccccc1)C(N)=O)OCCCCCCCCCCCCCCCC. The summed E-state index contributed by atoms with van der Waals surface area (Å²) in [5.41, 5.74) is 10.8. The summed E-state index contributed by atoms with van der Waals surface area (Å²) < 4.78 is 24.1. The number of benzene rings is 3. The lowest BCUT2D eigenvalue weighted by molar-refractivity contribution is -0.145. The highest BCUT2D eigenvalue weighted by molar-refractivity contribution is 7.99. The fourth-order valence-corrected chi connectivity index (χ4v) is 11.9. The van der Waals surface area contributed by atoms with Crippen molar-refractivity contribution in [1.82, 2.24) is 16.0 Å². The quantitative estimate of drug-likeness (QED) is 0.0313. The van der Waals surface area contributed by atoms with E-state index in [-0.39, 0.29) is 50.3 Å². The minimum Gasteiger partial charge on any atom is -0.461 e. The van der Waals surface area contributed by atoms with Crippen molar-refractivity contribution in [1.29, 1.82) is 0 Å². The number of fused-ring (bicyclic) bond motifs is 3. The maximum atomic E-state index is 14.3. The Balaban J connectivity index is 1.33. The highest BCUT2D eigenvalue weighted by atomic mass is 32.2. The van der Waals surface area contributed by atoms with Crippen LogP contribution in [0.3, 0.4) is 0 Å². The van der Waals surface area contributed by atoms with Crippen LogP contribution in [0.4, 0.5) is 4.79 Å². The molecule has 1 aliphatic rings. The molecule has 1 aliphatic carbocycles. The number of nitrogens with one attached hydrogen (secondary N) is 3. The molecule has 0 saturated carbocycles. The summed E-state index contributed by atoms with van der Waals surface area (Å²) in [5.74, 6) is -2.14. The van der Waals surface area contributed by atoms with E-state index in [0.717, 1.165) is 53.5 Å². The molecule has 3 aromatic carbocycles. The predicted octanol–water partition coefficient (Wildman–Crippen LogP) is 15.4. The standard InChI is InChI=1S/C69H108N4O9S/c1-4-7-9-11-13-15-17-19-21-23-25-27-29-38-48-79-51-56(80-49-39-30-28-26-24-22-20-18-16-14-12-10-8-5-2)53-83-54-64(73-69(78)82-52-61-59-44-36-34-42-57(59)58-43-35-37-45-60(58)61)68(77)71-62(6-3)67(76)72-63(66(70)75)46-47-65(74)81-50-55-40-32-31-33-41-55/h31-37,40-45,56,61-64H,4-30,38-39,46-54H2,1-3H3,(H2,70,75)(H,71,77)(H,72,76)(H,73,78)/t56-,62+,63-,64+/m1/s1. The molecule has 5 N–H and O–H groups in total. The van der Waals surface area contributed by atoms with Gasteiger partial charge in [0.25, 0.3) is 0 Å². The maximum Gasteiger partial charge on any atom is 0.407 e. The lowest BCUT2D eigenvalue weighted by Gasteiger charge is -2.25. The van der Waals surface area contributed by atoms with Crippen molar-refractivity contribution in [3.8, 4) is 11.1 Å². The van der Waals surface area contributed by atoms with E-state index in [2.05, 4.69) is 41.9 Å². The zero-order chi connectivity index (χ0) is 59.4. The fourth-order valence-electron chi connectivity index (χ4n) is 10.8. The molecule has 0 spiro atoms. The molecule has 83 heavy (non-hydrogen) atoms. The van der Waals surface area contributed by atoms with Crippen LogP contribution in [-0.4, -0.2) is 91.9 Å². The Labute approximate surface area is 505 Å². The van der Waals surface area contributed by atoms with Crippen molar-refractivity contribution in [2.75, 3.05) is 37.9 Å². The van der Waals surface area contributed by atoms with Crippen LogP contribution in [0.15, 0.2) is 78.9 Å². The zero-order valence-electron chi connectivity index (χ0n) is 51.4. The van der Waals surface area contributed by atoms with Crippen molar-refractivity contribution >= 4 is 41.5 Å². The Bertz CT molecular complexity index is 2170. The first-order valence-corrected chi connectivity index (χ1v) is 33.8. The number of unbranched alkanes of at least 4 members (excludes halogenated alkanes) is 26. The molecule has 4 amide bonds. The van der Waals surface area contributed by atoms with Gasteiger partial charge in [-0.05, 0) is 53.5 Å². The third-order valence-corrected chi connectivity index (χ3v) is 17.1. The second-order valence-corrected chi connectivity index (χ2v) is 24.0. The molecule has 3 aromatic rings. The summed E-state index contributed by atoms with van der Waals surface area (Å²) in [4.78, 5) is 67.0. The van der Waals surface area contributed by atoms with Crippen LogP contribution in [0.1, 0.15) is 242 Å². The Morgan fingerprint density at radius 1 is 0.506 bits per heavy atom. The van der Waals surface area contributed by atoms with Crippen LogP contribution in [-0.2, 0) is 44.7 Å². The number of nitrogens with two attached hydrogens (primary N) is 1. The van der Waals surface area contributed by atoms with E-state index in [1.54, 1.807) is 6.92 Å². The highest BCUT2D eigenvalue weighted by Gasteiger charge is 2.32. The van der Waals surface area contributed by atoms with Crippen molar-refractivity contribution in [3.05, 3.63) is 95.6 Å².